The molecule has 3 aromatic heterocycles. The average molecular weight is 381 g/mol. The number of phenolic OH excluding ortho intramolecular Hbond substituents is 1. The van der Waals surface area contributed by atoms with Crippen LogP contribution < -0.4 is 5.56 Å². The van der Waals surface area contributed by atoms with Crippen LogP contribution in [0.25, 0.3) is 28.0 Å². The molecule has 0 spiro atoms. The van der Waals surface area contributed by atoms with Gasteiger partial charge in [-0.1, -0.05) is 11.3 Å². The second kappa shape index (κ2) is 6.58. The maximum Gasteiger partial charge on any atom is 0.323 e. The Morgan fingerprint density at radius 1 is 1.14 bits per heavy atom. The molecule has 4 aromatic rings. The fraction of sp³-hybridized carbons (Fsp3) is 0.0556. The fourth-order valence-corrected chi connectivity index (χ4v) is 2.71. The maximum atomic E-state index is 13.5. The Labute approximate surface area is 155 Å². The van der Waals surface area contributed by atoms with Crippen LogP contribution in [0.5, 0.6) is 5.75 Å². The minimum atomic E-state index is -1.14. The number of hydrogen-bond acceptors (Lipinski definition) is 6. The highest BCUT2D eigenvalue weighted by molar-refractivity contribution is 5.80. The molecule has 0 saturated heterocycles. The van der Waals surface area contributed by atoms with E-state index in [2.05, 4.69) is 15.3 Å². The van der Waals surface area contributed by atoms with Gasteiger partial charge in [-0.15, -0.1) is 5.10 Å². The highest BCUT2D eigenvalue weighted by Gasteiger charge is 2.12. The Balaban J connectivity index is 1.76. The van der Waals surface area contributed by atoms with E-state index in [-0.39, 0.29) is 5.52 Å². The van der Waals surface area contributed by atoms with Crippen molar-refractivity contribution in [2.24, 2.45) is 0 Å². The lowest BCUT2D eigenvalue weighted by molar-refractivity contribution is -0.137. The summed E-state index contributed by atoms with van der Waals surface area (Å²) in [5, 5.41) is 26.6. The predicted octanol–water partition coefficient (Wildman–Crippen LogP) is 1.57. The summed E-state index contributed by atoms with van der Waals surface area (Å²) in [7, 11) is 0. The quantitative estimate of drug-likeness (QED) is 0.550. The summed E-state index contributed by atoms with van der Waals surface area (Å²) >= 11 is 0. The molecular formula is C18H12FN5O4. The Hall–Kier alpha value is -4.08. The van der Waals surface area contributed by atoms with E-state index < -0.39 is 29.6 Å². The molecule has 0 aliphatic rings. The van der Waals surface area contributed by atoms with Crippen molar-refractivity contribution in [3.63, 3.8) is 0 Å². The van der Waals surface area contributed by atoms with Gasteiger partial charge in [0.15, 0.2) is 11.6 Å². The predicted molar refractivity (Wildman–Crippen MR) is 95.6 cm³/mol. The Morgan fingerprint density at radius 2 is 1.96 bits per heavy atom. The third-order valence-corrected chi connectivity index (χ3v) is 4.08. The number of carboxylic acid groups (broad SMARTS) is 1. The van der Waals surface area contributed by atoms with Gasteiger partial charge in [0.1, 0.15) is 17.8 Å². The zero-order valence-electron chi connectivity index (χ0n) is 14.2. The molecule has 4 rings (SSSR count). The van der Waals surface area contributed by atoms with Crippen molar-refractivity contribution >= 4 is 16.9 Å². The third kappa shape index (κ3) is 3.07. The molecule has 0 saturated carbocycles. The summed E-state index contributed by atoms with van der Waals surface area (Å²) in [4.78, 5) is 27.7. The first-order valence-corrected chi connectivity index (χ1v) is 8.06. The summed E-state index contributed by atoms with van der Waals surface area (Å²) in [6.07, 6.45) is 2.90. The van der Waals surface area contributed by atoms with Crippen LogP contribution in [0, 0.1) is 5.82 Å². The van der Waals surface area contributed by atoms with E-state index in [1.165, 1.54) is 29.2 Å². The van der Waals surface area contributed by atoms with Crippen LogP contribution in [0.1, 0.15) is 0 Å². The topological polar surface area (TPSA) is 123 Å². The van der Waals surface area contributed by atoms with Crippen molar-refractivity contribution in [2.75, 3.05) is 0 Å². The van der Waals surface area contributed by atoms with E-state index in [0.717, 1.165) is 10.6 Å². The van der Waals surface area contributed by atoms with Gasteiger partial charge >= 0.3 is 5.97 Å². The molecule has 0 radical (unpaired) electrons. The van der Waals surface area contributed by atoms with Gasteiger partial charge < -0.3 is 14.8 Å². The second-order valence-corrected chi connectivity index (χ2v) is 5.96. The van der Waals surface area contributed by atoms with Crippen LogP contribution in [0.15, 0.2) is 53.6 Å². The normalized spacial score (nSPS) is 11.0. The molecular weight excluding hydrogens is 369 g/mol. The number of pyridine rings is 2. The van der Waals surface area contributed by atoms with Gasteiger partial charge in [0.2, 0.25) is 0 Å². The number of hydrogen-bond donors (Lipinski definition) is 2. The minimum absolute atomic E-state index is 0.103. The molecule has 0 atom stereocenters. The molecule has 9 nitrogen and oxygen atoms in total. The zero-order valence-corrected chi connectivity index (χ0v) is 14.2. The van der Waals surface area contributed by atoms with Crippen LogP contribution in [0.4, 0.5) is 4.39 Å². The molecule has 0 amide bonds. The maximum absolute atomic E-state index is 13.5. The van der Waals surface area contributed by atoms with Crippen molar-refractivity contribution in [2.45, 2.75) is 6.54 Å². The summed E-state index contributed by atoms with van der Waals surface area (Å²) in [5.41, 5.74) is 0.603. The molecule has 0 aliphatic heterocycles. The van der Waals surface area contributed by atoms with Crippen molar-refractivity contribution < 1.29 is 19.4 Å². The molecule has 10 heteroatoms. The van der Waals surface area contributed by atoms with Gasteiger partial charge in [-0.25, -0.2) is 14.1 Å². The smallest absolute Gasteiger partial charge is 0.323 e. The van der Waals surface area contributed by atoms with E-state index in [9.17, 15) is 19.1 Å². The van der Waals surface area contributed by atoms with E-state index >= 15 is 0 Å². The molecule has 0 bridgehead atoms. The summed E-state index contributed by atoms with van der Waals surface area (Å²) in [5.74, 6) is -2.41. The van der Waals surface area contributed by atoms with Crippen molar-refractivity contribution in [1.29, 1.82) is 0 Å². The molecule has 0 fully saturated rings. The second-order valence-electron chi connectivity index (χ2n) is 5.96. The standard InChI is InChI=1S/C18H12FN5O4/c19-12-7-11(2-4-15(12)25)24-8-14(21-22-24)13-3-1-10-5-6-23(9-16(26)27)18(28)17(10)20-13/h1-8,25H,9H2,(H,26,27). The number of fused-ring (bicyclic) bond motifs is 1. The average Bonchev–Trinajstić information content (AvgIpc) is 3.16. The first kappa shape index (κ1) is 17.3. The highest BCUT2D eigenvalue weighted by Crippen LogP contribution is 2.21. The Morgan fingerprint density at radius 3 is 2.71 bits per heavy atom. The van der Waals surface area contributed by atoms with Crippen LogP contribution in [-0.2, 0) is 11.3 Å². The lowest BCUT2D eigenvalue weighted by atomic mass is 10.2. The van der Waals surface area contributed by atoms with E-state index in [1.807, 2.05) is 0 Å². The van der Waals surface area contributed by atoms with Crippen LogP contribution in [-0.4, -0.2) is 40.7 Å². The molecule has 0 unspecified atom stereocenters. The van der Waals surface area contributed by atoms with Crippen molar-refractivity contribution in [1.82, 2.24) is 24.5 Å². The number of rotatable bonds is 4. The number of aromatic nitrogens is 5. The van der Waals surface area contributed by atoms with E-state index in [0.29, 0.717) is 22.5 Å². The molecule has 1 aromatic carbocycles. The van der Waals surface area contributed by atoms with Gasteiger partial charge in [0.05, 0.1) is 17.6 Å². The van der Waals surface area contributed by atoms with E-state index in [4.69, 9.17) is 5.11 Å². The lowest BCUT2D eigenvalue weighted by Crippen LogP contribution is -2.24. The van der Waals surface area contributed by atoms with Crippen LogP contribution >= 0.6 is 0 Å². The number of benzene rings is 1. The monoisotopic (exact) mass is 381 g/mol. The van der Waals surface area contributed by atoms with Gasteiger partial charge in [-0.05, 0) is 24.3 Å². The number of carboxylic acids is 1. The number of aromatic hydroxyl groups is 1. The third-order valence-electron chi connectivity index (χ3n) is 4.08. The first-order valence-electron chi connectivity index (χ1n) is 8.06. The van der Waals surface area contributed by atoms with Crippen molar-refractivity contribution in [3.8, 4) is 22.8 Å². The molecule has 28 heavy (non-hydrogen) atoms. The SMILES string of the molecule is O=C(O)Cn1ccc2ccc(-c3cn(-c4ccc(O)c(F)c4)nn3)nc2c1=O. The summed E-state index contributed by atoms with van der Waals surface area (Å²) in [6.45, 7) is -0.469. The molecule has 2 N–H and O–H groups in total. The Bertz CT molecular complexity index is 1280. The highest BCUT2D eigenvalue weighted by atomic mass is 19.1. The molecule has 0 aliphatic carbocycles. The number of aliphatic carboxylic acids is 1. The van der Waals surface area contributed by atoms with Crippen LogP contribution in [0.2, 0.25) is 0 Å². The first-order chi connectivity index (χ1) is 13.4. The molecule has 140 valence electrons. The number of phenols is 1. The van der Waals surface area contributed by atoms with Crippen molar-refractivity contribution in [3.05, 3.63) is 65.0 Å². The van der Waals surface area contributed by atoms with Gasteiger partial charge in [-0.3, -0.25) is 9.59 Å². The van der Waals surface area contributed by atoms with Crippen LogP contribution in [0.3, 0.4) is 0 Å². The number of nitrogens with zero attached hydrogens (tertiary/aromatic N) is 5. The Kier molecular flexibility index (Phi) is 4.07. The number of halogens is 1. The largest absolute Gasteiger partial charge is 0.505 e. The van der Waals surface area contributed by atoms with E-state index in [1.54, 1.807) is 18.2 Å². The lowest BCUT2D eigenvalue weighted by Gasteiger charge is -2.05. The fourth-order valence-electron chi connectivity index (χ4n) is 2.71. The molecule has 3 heterocycles. The summed E-state index contributed by atoms with van der Waals surface area (Å²) in [6, 6.07) is 8.69. The summed E-state index contributed by atoms with van der Waals surface area (Å²) < 4.78 is 15.9. The van der Waals surface area contributed by atoms with Gasteiger partial charge in [0, 0.05) is 17.6 Å². The zero-order chi connectivity index (χ0) is 19.8. The van der Waals surface area contributed by atoms with Gasteiger partial charge in [-0.2, -0.15) is 0 Å². The minimum Gasteiger partial charge on any atom is -0.505 e. The van der Waals surface area contributed by atoms with Gasteiger partial charge in [0.25, 0.3) is 5.56 Å². The number of carbonyl (C=O) groups is 1.